The molecule has 1 aromatic rings. The lowest BCUT2D eigenvalue weighted by Gasteiger charge is -2.19. The highest BCUT2D eigenvalue weighted by Gasteiger charge is 2.11. The molecule has 0 spiro atoms. The van der Waals surface area contributed by atoms with Crippen molar-refractivity contribution < 1.29 is 4.74 Å². The molecule has 0 saturated carbocycles. The maximum Gasteiger partial charge on any atom is 0.323 e. The number of hydrogen-bond acceptors (Lipinski definition) is 6. The molecule has 0 aliphatic carbocycles. The van der Waals surface area contributed by atoms with E-state index in [0.29, 0.717) is 24.5 Å². The van der Waals surface area contributed by atoms with E-state index in [2.05, 4.69) is 52.5 Å². The van der Waals surface area contributed by atoms with Crippen molar-refractivity contribution in [2.75, 3.05) is 36.5 Å². The van der Waals surface area contributed by atoms with E-state index in [1.807, 2.05) is 0 Å². The molecule has 6 nitrogen and oxygen atoms in total. The molecule has 1 N–H and O–H groups in total. The second-order valence-corrected chi connectivity index (χ2v) is 3.94. The zero-order chi connectivity index (χ0) is 14.1. The van der Waals surface area contributed by atoms with Gasteiger partial charge in [-0.1, -0.05) is 19.6 Å². The Labute approximate surface area is 114 Å². The van der Waals surface area contributed by atoms with E-state index < -0.39 is 0 Å². The number of nitrogens with zero attached hydrogens (tertiary/aromatic N) is 4. The fourth-order valence-corrected chi connectivity index (χ4v) is 1.51. The van der Waals surface area contributed by atoms with E-state index in [9.17, 15) is 0 Å². The van der Waals surface area contributed by atoms with Crippen LogP contribution in [0.5, 0.6) is 6.01 Å². The molecule has 0 atom stereocenters. The quantitative estimate of drug-likeness (QED) is 0.690. The van der Waals surface area contributed by atoms with Crippen molar-refractivity contribution in [1.82, 2.24) is 15.0 Å². The number of ether oxygens (including phenoxy) is 1. The Morgan fingerprint density at radius 3 is 2.53 bits per heavy atom. The highest BCUT2D eigenvalue weighted by molar-refractivity contribution is 5.38. The first-order valence-electron chi connectivity index (χ1n) is 6.73. The molecule has 0 aliphatic rings. The third-order valence-corrected chi connectivity index (χ3v) is 2.51. The van der Waals surface area contributed by atoms with Gasteiger partial charge in [-0.05, 0) is 20.3 Å². The van der Waals surface area contributed by atoms with Crippen LogP contribution in [0.25, 0.3) is 0 Å². The maximum atomic E-state index is 5.41. The van der Waals surface area contributed by atoms with Gasteiger partial charge in [0.2, 0.25) is 11.9 Å². The minimum atomic E-state index is 0.329. The van der Waals surface area contributed by atoms with Crippen LogP contribution < -0.4 is 15.0 Å². The Bertz CT molecular complexity index is 393. The van der Waals surface area contributed by atoms with Crippen LogP contribution in [0, 0.1) is 0 Å². The van der Waals surface area contributed by atoms with Gasteiger partial charge in [-0.2, -0.15) is 15.0 Å². The van der Waals surface area contributed by atoms with Gasteiger partial charge in [0, 0.05) is 19.6 Å². The predicted octanol–water partition coefficient (Wildman–Crippen LogP) is 2.10. The molecule has 0 aliphatic heterocycles. The van der Waals surface area contributed by atoms with Gasteiger partial charge >= 0.3 is 6.01 Å². The molecule has 1 heterocycles. The fourth-order valence-electron chi connectivity index (χ4n) is 1.51. The van der Waals surface area contributed by atoms with Gasteiger partial charge in [-0.25, -0.2) is 0 Å². The van der Waals surface area contributed by atoms with Crippen molar-refractivity contribution in [3.63, 3.8) is 0 Å². The van der Waals surface area contributed by atoms with E-state index in [0.717, 1.165) is 26.1 Å². The summed E-state index contributed by atoms with van der Waals surface area (Å²) in [4.78, 5) is 15.0. The molecular weight excluding hydrogens is 242 g/mol. The summed E-state index contributed by atoms with van der Waals surface area (Å²) in [5.74, 6) is 1.19. The summed E-state index contributed by atoms with van der Waals surface area (Å²) in [5, 5.41) is 3.16. The third-order valence-electron chi connectivity index (χ3n) is 2.51. The topological polar surface area (TPSA) is 63.2 Å². The minimum Gasteiger partial charge on any atom is -0.459 e. The largest absolute Gasteiger partial charge is 0.459 e. The molecule has 0 saturated heterocycles. The lowest BCUT2D eigenvalue weighted by Crippen LogP contribution is -2.25. The predicted molar refractivity (Wildman–Crippen MR) is 77.9 cm³/mol. The summed E-state index contributed by atoms with van der Waals surface area (Å²) in [7, 11) is 0. The summed E-state index contributed by atoms with van der Waals surface area (Å²) in [6.45, 7) is 12.7. The van der Waals surface area contributed by atoms with Crippen molar-refractivity contribution in [1.29, 1.82) is 0 Å². The van der Waals surface area contributed by atoms with Gasteiger partial charge in [0.05, 0.1) is 0 Å². The Morgan fingerprint density at radius 2 is 1.95 bits per heavy atom. The molecule has 1 rings (SSSR count). The van der Waals surface area contributed by atoms with Crippen LogP contribution in [0.1, 0.15) is 27.2 Å². The molecule has 106 valence electrons. The summed E-state index contributed by atoms with van der Waals surface area (Å²) >= 11 is 0. The number of anilines is 2. The number of nitrogens with one attached hydrogen (secondary N) is 1. The molecular formula is C13H23N5O. The zero-order valence-electron chi connectivity index (χ0n) is 12.0. The van der Waals surface area contributed by atoms with Crippen molar-refractivity contribution in [3.8, 4) is 6.01 Å². The van der Waals surface area contributed by atoms with Gasteiger partial charge in [-0.3, -0.25) is 0 Å². The third kappa shape index (κ3) is 4.73. The molecule has 0 fully saturated rings. The van der Waals surface area contributed by atoms with Crippen LogP contribution in [-0.4, -0.2) is 41.2 Å². The molecule has 0 bridgehead atoms. The standard InChI is InChI=1S/C13H23N5O/c1-5-9-14-11-15-12(18(7-3)8-4)17-13(16-11)19-10-6-2/h6H,2,5,7-10H2,1,3-4H3,(H,14,15,16,17). The van der Waals surface area contributed by atoms with Gasteiger partial charge in [-0.15, -0.1) is 0 Å². The normalized spacial score (nSPS) is 10.1. The van der Waals surface area contributed by atoms with Crippen molar-refractivity contribution in [3.05, 3.63) is 12.7 Å². The van der Waals surface area contributed by atoms with E-state index in [4.69, 9.17) is 4.74 Å². The molecule has 0 radical (unpaired) electrons. The van der Waals surface area contributed by atoms with Crippen LogP contribution in [0.15, 0.2) is 12.7 Å². The highest BCUT2D eigenvalue weighted by Crippen LogP contribution is 2.14. The minimum absolute atomic E-state index is 0.329. The average molecular weight is 265 g/mol. The van der Waals surface area contributed by atoms with Crippen LogP contribution >= 0.6 is 0 Å². The summed E-state index contributed by atoms with van der Waals surface area (Å²) in [6, 6.07) is 0.329. The smallest absolute Gasteiger partial charge is 0.323 e. The second kappa shape index (κ2) is 8.29. The molecule has 1 aromatic heterocycles. The molecule has 0 aromatic carbocycles. The van der Waals surface area contributed by atoms with Gasteiger partial charge in [0.1, 0.15) is 6.61 Å². The summed E-state index contributed by atoms with van der Waals surface area (Å²) in [6.07, 6.45) is 2.68. The van der Waals surface area contributed by atoms with E-state index in [-0.39, 0.29) is 0 Å². The van der Waals surface area contributed by atoms with Gasteiger partial charge in [0.25, 0.3) is 0 Å². The Morgan fingerprint density at radius 1 is 1.21 bits per heavy atom. The fraction of sp³-hybridized carbons (Fsp3) is 0.615. The zero-order valence-corrected chi connectivity index (χ0v) is 12.0. The second-order valence-electron chi connectivity index (χ2n) is 3.94. The van der Waals surface area contributed by atoms with Crippen LogP contribution in [-0.2, 0) is 0 Å². The first kappa shape index (κ1) is 15.2. The van der Waals surface area contributed by atoms with Crippen molar-refractivity contribution in [2.24, 2.45) is 0 Å². The van der Waals surface area contributed by atoms with Crippen LogP contribution in [0.4, 0.5) is 11.9 Å². The molecule has 0 unspecified atom stereocenters. The average Bonchev–Trinajstić information content (AvgIpc) is 2.44. The van der Waals surface area contributed by atoms with Crippen molar-refractivity contribution in [2.45, 2.75) is 27.2 Å². The lowest BCUT2D eigenvalue weighted by atomic mass is 10.5. The molecule has 0 amide bonds. The van der Waals surface area contributed by atoms with Gasteiger partial charge < -0.3 is 15.0 Å². The lowest BCUT2D eigenvalue weighted by molar-refractivity contribution is 0.332. The molecule has 19 heavy (non-hydrogen) atoms. The summed E-state index contributed by atoms with van der Waals surface area (Å²) < 4.78 is 5.41. The number of aromatic nitrogens is 3. The SMILES string of the molecule is C=CCOc1nc(NCCC)nc(N(CC)CC)n1. The van der Waals surface area contributed by atoms with Gasteiger partial charge in [0.15, 0.2) is 0 Å². The first-order valence-corrected chi connectivity index (χ1v) is 6.73. The Balaban J connectivity index is 2.96. The first-order chi connectivity index (χ1) is 9.24. The number of rotatable bonds is 9. The van der Waals surface area contributed by atoms with Crippen LogP contribution in [0.3, 0.4) is 0 Å². The maximum absolute atomic E-state index is 5.41. The Kier molecular flexibility index (Phi) is 6.63. The number of hydrogen-bond donors (Lipinski definition) is 1. The van der Waals surface area contributed by atoms with E-state index >= 15 is 0 Å². The van der Waals surface area contributed by atoms with E-state index in [1.54, 1.807) is 6.08 Å². The van der Waals surface area contributed by atoms with Crippen LogP contribution in [0.2, 0.25) is 0 Å². The van der Waals surface area contributed by atoms with E-state index in [1.165, 1.54) is 0 Å². The van der Waals surface area contributed by atoms with Crippen molar-refractivity contribution >= 4 is 11.9 Å². The Hall–Kier alpha value is -1.85. The molecule has 6 heteroatoms. The monoisotopic (exact) mass is 265 g/mol. The highest BCUT2D eigenvalue weighted by atomic mass is 16.5. The summed E-state index contributed by atoms with van der Waals surface area (Å²) in [5.41, 5.74) is 0.